The fourth-order valence-electron chi connectivity index (χ4n) is 3.97. The van der Waals surface area contributed by atoms with Gasteiger partial charge in [-0.15, -0.1) is 13.2 Å². The van der Waals surface area contributed by atoms with Crippen molar-refractivity contribution in [3.8, 4) is 0 Å². The SMILES string of the molecule is C=C.CC1=CC2C=C(Nc3ccccc3N=C2N(C)CCN[C@H](C)CCC(C)/C=C\C(F)=C/CF)S1. The van der Waals surface area contributed by atoms with Gasteiger partial charge >= 0.3 is 0 Å². The van der Waals surface area contributed by atoms with Gasteiger partial charge in [-0.25, -0.2) is 13.8 Å². The first-order valence-electron chi connectivity index (χ1n) is 12.4. The highest BCUT2D eigenvalue weighted by molar-refractivity contribution is 8.06. The number of nitrogens with zero attached hydrogens (tertiary/aromatic N) is 2. The molecule has 1 aromatic rings. The third-order valence-electron chi connectivity index (χ3n) is 5.95. The molecule has 2 unspecified atom stereocenters. The average molecular weight is 515 g/mol. The Morgan fingerprint density at radius 3 is 2.75 bits per heavy atom. The molecular weight excluding hydrogens is 474 g/mol. The lowest BCUT2D eigenvalue weighted by atomic mass is 10.0. The summed E-state index contributed by atoms with van der Waals surface area (Å²) >= 11 is 1.76. The van der Waals surface area contributed by atoms with Crippen LogP contribution in [0.4, 0.5) is 20.2 Å². The van der Waals surface area contributed by atoms with E-state index in [2.05, 4.69) is 74.7 Å². The summed E-state index contributed by atoms with van der Waals surface area (Å²) in [6.45, 7) is 13.3. The highest BCUT2D eigenvalue weighted by Gasteiger charge is 2.24. The van der Waals surface area contributed by atoms with Crippen molar-refractivity contribution in [2.75, 3.05) is 32.1 Å². The van der Waals surface area contributed by atoms with E-state index in [9.17, 15) is 8.78 Å². The molecular formula is C29H40F2N4S. The van der Waals surface area contributed by atoms with Gasteiger partial charge in [0.2, 0.25) is 0 Å². The van der Waals surface area contributed by atoms with Crippen molar-refractivity contribution in [2.45, 2.75) is 39.7 Å². The summed E-state index contributed by atoms with van der Waals surface area (Å²) in [5.74, 6) is 0.910. The maximum atomic E-state index is 13.3. The maximum absolute atomic E-state index is 13.3. The van der Waals surface area contributed by atoms with Gasteiger partial charge < -0.3 is 15.5 Å². The van der Waals surface area contributed by atoms with Gasteiger partial charge in [-0.1, -0.05) is 43.0 Å². The lowest BCUT2D eigenvalue weighted by molar-refractivity contribution is 0.420. The van der Waals surface area contributed by atoms with Crippen molar-refractivity contribution in [1.82, 2.24) is 10.2 Å². The van der Waals surface area contributed by atoms with E-state index in [1.807, 2.05) is 18.2 Å². The molecule has 0 radical (unpaired) electrons. The van der Waals surface area contributed by atoms with Crippen LogP contribution in [0.2, 0.25) is 0 Å². The molecule has 3 atom stereocenters. The number of fused-ring (bicyclic) bond motifs is 2. The molecule has 0 spiro atoms. The molecule has 0 saturated carbocycles. The first kappa shape index (κ1) is 29.6. The van der Waals surface area contributed by atoms with Crippen LogP contribution in [0.3, 0.4) is 0 Å². The lowest BCUT2D eigenvalue weighted by Crippen LogP contribution is -2.39. The Hall–Kier alpha value is -2.64. The Morgan fingerprint density at radius 2 is 2.00 bits per heavy atom. The number of hydrogen-bond acceptors (Lipinski definition) is 5. The van der Waals surface area contributed by atoms with Crippen LogP contribution in [-0.2, 0) is 0 Å². The number of allylic oxidation sites excluding steroid dienone is 5. The second-order valence-electron chi connectivity index (χ2n) is 8.98. The first-order chi connectivity index (χ1) is 17.4. The van der Waals surface area contributed by atoms with E-state index >= 15 is 0 Å². The number of para-hydroxylation sites is 2. The molecule has 7 heteroatoms. The number of hydrogen-bond donors (Lipinski definition) is 2. The molecule has 2 aliphatic heterocycles. The molecule has 36 heavy (non-hydrogen) atoms. The van der Waals surface area contributed by atoms with Crippen molar-refractivity contribution in [1.29, 1.82) is 0 Å². The number of aliphatic imine (C=N–C) groups is 1. The van der Waals surface area contributed by atoms with Crippen LogP contribution in [0.25, 0.3) is 0 Å². The van der Waals surface area contributed by atoms with Crippen LogP contribution in [0.15, 0.2) is 88.6 Å². The van der Waals surface area contributed by atoms with Crippen molar-refractivity contribution >= 4 is 29.0 Å². The highest BCUT2D eigenvalue weighted by Crippen LogP contribution is 2.38. The Balaban J connectivity index is 0.00000222. The second kappa shape index (κ2) is 15.5. The summed E-state index contributed by atoms with van der Waals surface area (Å²) < 4.78 is 25.4. The number of alkyl halides is 1. The smallest absolute Gasteiger partial charge is 0.121 e. The molecule has 1 aromatic carbocycles. The molecule has 0 aromatic heterocycles. The molecule has 3 rings (SSSR count). The average Bonchev–Trinajstić information content (AvgIpc) is 2.85. The fraction of sp³-hybridized carbons (Fsp3) is 0.414. The monoisotopic (exact) mass is 514 g/mol. The van der Waals surface area contributed by atoms with Crippen molar-refractivity contribution < 1.29 is 8.78 Å². The summed E-state index contributed by atoms with van der Waals surface area (Å²) in [6.07, 6.45) is 10.6. The molecule has 0 saturated heterocycles. The largest absolute Gasteiger partial charge is 0.361 e. The normalized spacial score (nSPS) is 18.8. The molecule has 2 bridgehead atoms. The highest BCUT2D eigenvalue weighted by atomic mass is 32.2. The molecule has 0 aliphatic carbocycles. The van der Waals surface area contributed by atoms with Gasteiger partial charge in [0.1, 0.15) is 18.3 Å². The zero-order valence-electron chi connectivity index (χ0n) is 21.9. The Bertz CT molecular complexity index is 999. The van der Waals surface area contributed by atoms with Gasteiger partial charge in [0, 0.05) is 26.2 Å². The summed E-state index contributed by atoms with van der Waals surface area (Å²) in [5.41, 5.74) is 1.98. The predicted molar refractivity (Wildman–Crippen MR) is 154 cm³/mol. The van der Waals surface area contributed by atoms with Gasteiger partial charge in [-0.3, -0.25) is 0 Å². The van der Waals surface area contributed by atoms with E-state index in [0.717, 1.165) is 54.2 Å². The zero-order chi connectivity index (χ0) is 26.5. The Morgan fingerprint density at radius 1 is 1.25 bits per heavy atom. The van der Waals surface area contributed by atoms with Gasteiger partial charge in [0.25, 0.3) is 0 Å². The van der Waals surface area contributed by atoms with Crippen LogP contribution in [-0.4, -0.2) is 43.6 Å². The Labute approximate surface area is 220 Å². The number of halogens is 2. The summed E-state index contributed by atoms with van der Waals surface area (Å²) in [7, 11) is 2.10. The molecule has 0 amide bonds. The predicted octanol–water partition coefficient (Wildman–Crippen LogP) is 7.76. The van der Waals surface area contributed by atoms with E-state index in [1.165, 1.54) is 11.0 Å². The number of nitrogens with one attached hydrogen (secondary N) is 2. The number of rotatable bonds is 10. The van der Waals surface area contributed by atoms with Crippen LogP contribution >= 0.6 is 11.8 Å². The minimum Gasteiger partial charge on any atom is -0.361 e. The molecule has 2 aliphatic rings. The van der Waals surface area contributed by atoms with Gasteiger partial charge in [-0.2, -0.15) is 0 Å². The van der Waals surface area contributed by atoms with E-state index in [0.29, 0.717) is 6.04 Å². The first-order valence-corrected chi connectivity index (χ1v) is 13.2. The minimum absolute atomic E-state index is 0.138. The zero-order valence-corrected chi connectivity index (χ0v) is 22.8. The Kier molecular flexibility index (Phi) is 12.7. The molecule has 4 nitrogen and oxygen atoms in total. The topological polar surface area (TPSA) is 39.7 Å². The summed E-state index contributed by atoms with van der Waals surface area (Å²) in [6, 6.07) is 8.51. The van der Waals surface area contributed by atoms with E-state index in [1.54, 1.807) is 17.8 Å². The summed E-state index contributed by atoms with van der Waals surface area (Å²) in [5, 5.41) is 8.27. The third kappa shape index (κ3) is 9.43. The molecule has 196 valence electrons. The van der Waals surface area contributed by atoms with Crippen LogP contribution in [0.5, 0.6) is 0 Å². The summed E-state index contributed by atoms with van der Waals surface area (Å²) in [4.78, 5) is 8.56. The number of amidine groups is 1. The third-order valence-corrected chi connectivity index (χ3v) is 6.87. The minimum atomic E-state index is -0.775. The van der Waals surface area contributed by atoms with Crippen molar-refractivity contribution in [3.05, 3.63) is 83.6 Å². The van der Waals surface area contributed by atoms with Crippen LogP contribution in [0, 0.1) is 11.8 Å². The molecule has 2 N–H and O–H groups in total. The standard InChI is InChI=1S/C27H36F2N4S.C2H4/c1-19(10-12-23(29)13-14-28)9-11-20(2)30-15-16-33(4)27-22-17-21(3)34-26(18-22)31-24-7-5-6-8-25(24)32-27;1-2/h5-8,10,12-13,17-20,22,30-31H,9,11,14-16H2,1-4H3;1-2H2/b12-10-,23-13+,32-27?;/t19?,20-,22?;/m1./s1. The molecule has 2 heterocycles. The van der Waals surface area contributed by atoms with Crippen LogP contribution in [0.1, 0.15) is 33.6 Å². The number of thioether (sulfide) groups is 1. The van der Waals surface area contributed by atoms with Gasteiger partial charge in [-0.05, 0) is 67.9 Å². The number of likely N-dealkylation sites (N-methyl/N-ethyl adjacent to an activating group) is 1. The van der Waals surface area contributed by atoms with Crippen molar-refractivity contribution in [2.24, 2.45) is 16.8 Å². The second-order valence-corrected chi connectivity index (χ2v) is 10.3. The molecule has 0 fully saturated rings. The maximum Gasteiger partial charge on any atom is 0.121 e. The van der Waals surface area contributed by atoms with Crippen molar-refractivity contribution in [3.63, 3.8) is 0 Å². The van der Waals surface area contributed by atoms with Crippen LogP contribution < -0.4 is 10.6 Å². The number of anilines is 1. The quantitative estimate of drug-likeness (QED) is 0.247. The number of benzene rings is 1. The van der Waals surface area contributed by atoms with E-state index in [-0.39, 0.29) is 11.8 Å². The fourth-order valence-corrected chi connectivity index (χ4v) is 4.91. The van der Waals surface area contributed by atoms with Gasteiger partial charge in [0.05, 0.1) is 22.3 Å². The van der Waals surface area contributed by atoms with E-state index < -0.39 is 12.5 Å². The lowest BCUT2D eigenvalue weighted by Gasteiger charge is -2.30. The van der Waals surface area contributed by atoms with E-state index in [4.69, 9.17) is 4.99 Å². The van der Waals surface area contributed by atoms with Gasteiger partial charge in [0.15, 0.2) is 0 Å².